The maximum Gasteiger partial charge on any atom is 0.311 e. The Kier molecular flexibility index (Phi) is 8.90. The molecule has 184 valence electrons. The van der Waals surface area contributed by atoms with Gasteiger partial charge in [0, 0.05) is 35.9 Å². The number of rotatable bonds is 13. The summed E-state index contributed by atoms with van der Waals surface area (Å²) in [6.45, 7) is 3.47. The molecule has 2 heterocycles. The molecule has 2 aromatic rings. The normalized spacial score (nSPS) is 16.8. The molecule has 1 aromatic carbocycles. The predicted octanol–water partition coefficient (Wildman–Crippen LogP) is 7.01. The van der Waals surface area contributed by atoms with Crippen LogP contribution in [0.2, 0.25) is 0 Å². The van der Waals surface area contributed by atoms with Crippen LogP contribution in [-0.4, -0.2) is 23.2 Å². The van der Waals surface area contributed by atoms with Crippen molar-refractivity contribution in [3.8, 4) is 5.06 Å². The Bertz CT molecular complexity index is 984. The van der Waals surface area contributed by atoms with E-state index in [1.54, 1.807) is 18.2 Å². The van der Waals surface area contributed by atoms with E-state index in [4.69, 9.17) is 4.74 Å². The molecule has 1 atom stereocenters. The molecular formula is C28H36FNO3S. The van der Waals surface area contributed by atoms with Crippen LogP contribution in [0.5, 0.6) is 5.06 Å². The van der Waals surface area contributed by atoms with Crippen LogP contribution in [0.3, 0.4) is 0 Å². The van der Waals surface area contributed by atoms with Crippen LogP contribution in [-0.2, 0) is 22.6 Å². The minimum absolute atomic E-state index is 0.0524. The molecule has 0 saturated heterocycles. The molecule has 1 saturated carbocycles. The predicted molar refractivity (Wildman–Crippen MR) is 134 cm³/mol. The molecule has 0 radical (unpaired) electrons. The fraction of sp³-hybridized carbons (Fsp3) is 0.571. The molecule has 1 aromatic heterocycles. The Labute approximate surface area is 206 Å². The van der Waals surface area contributed by atoms with Crippen LogP contribution in [0.25, 0.3) is 0 Å². The quantitative estimate of drug-likeness (QED) is 0.226. The second-order valence-electron chi connectivity index (χ2n) is 9.68. The lowest BCUT2D eigenvalue weighted by Crippen LogP contribution is -2.38. The summed E-state index contributed by atoms with van der Waals surface area (Å²) in [6.07, 6.45) is 11.2. The number of carbonyl (C=O) groups excluding carboxylic acids is 2. The van der Waals surface area contributed by atoms with Crippen molar-refractivity contribution in [2.24, 2.45) is 5.92 Å². The number of halogens is 1. The number of hydrogen-bond acceptors (Lipinski definition) is 5. The topological polar surface area (TPSA) is 46.6 Å². The Hall–Kier alpha value is -2.05. The molecule has 0 spiro atoms. The van der Waals surface area contributed by atoms with Gasteiger partial charge in [0.15, 0.2) is 10.8 Å². The number of benzene rings is 1. The highest BCUT2D eigenvalue weighted by Crippen LogP contribution is 2.41. The van der Waals surface area contributed by atoms with E-state index in [0.717, 1.165) is 37.7 Å². The van der Waals surface area contributed by atoms with E-state index in [2.05, 4.69) is 11.8 Å². The SMILES string of the molecule is CCCCCCCCCC(=O)Oc1cc2c(s1)CCN(C(C(=O)C1CC1)c1ccccc1F)C2. The van der Waals surface area contributed by atoms with Crippen LogP contribution in [0.1, 0.15) is 93.2 Å². The third-order valence-electron chi connectivity index (χ3n) is 6.89. The number of carbonyl (C=O) groups is 2. The molecular weight excluding hydrogens is 449 g/mol. The highest BCUT2D eigenvalue weighted by molar-refractivity contribution is 7.14. The molecule has 4 nitrogen and oxygen atoms in total. The summed E-state index contributed by atoms with van der Waals surface area (Å²) in [6, 6.07) is 8.03. The van der Waals surface area contributed by atoms with Gasteiger partial charge < -0.3 is 4.74 Å². The minimum Gasteiger partial charge on any atom is -0.415 e. The van der Waals surface area contributed by atoms with Gasteiger partial charge in [-0.15, -0.1) is 11.3 Å². The average molecular weight is 486 g/mol. The number of unbranched alkanes of at least 4 members (excludes halogenated alkanes) is 6. The number of thiophene rings is 1. The Balaban J connectivity index is 1.34. The average Bonchev–Trinajstić information content (AvgIpc) is 3.60. The van der Waals surface area contributed by atoms with Gasteiger partial charge in [0.05, 0.1) is 6.04 Å². The van der Waals surface area contributed by atoms with Crippen LogP contribution in [0.4, 0.5) is 4.39 Å². The first kappa shape index (κ1) is 25.1. The van der Waals surface area contributed by atoms with Crippen LogP contribution >= 0.6 is 11.3 Å². The molecule has 34 heavy (non-hydrogen) atoms. The number of hydrogen-bond donors (Lipinski definition) is 0. The van der Waals surface area contributed by atoms with Gasteiger partial charge in [-0.05, 0) is 43.4 Å². The summed E-state index contributed by atoms with van der Waals surface area (Å²) in [7, 11) is 0. The van der Waals surface area contributed by atoms with E-state index in [1.807, 2.05) is 6.07 Å². The molecule has 2 aliphatic rings. The molecule has 0 amide bonds. The summed E-state index contributed by atoms with van der Waals surface area (Å²) < 4.78 is 20.3. The number of esters is 1. The van der Waals surface area contributed by atoms with Crippen molar-refractivity contribution in [2.75, 3.05) is 6.54 Å². The van der Waals surface area contributed by atoms with E-state index in [0.29, 0.717) is 30.1 Å². The van der Waals surface area contributed by atoms with Crippen molar-refractivity contribution in [1.29, 1.82) is 0 Å². The zero-order valence-corrected chi connectivity index (χ0v) is 21.0. The first-order valence-electron chi connectivity index (χ1n) is 12.9. The van der Waals surface area contributed by atoms with Crippen molar-refractivity contribution < 1.29 is 18.7 Å². The summed E-state index contributed by atoms with van der Waals surface area (Å²) in [4.78, 5) is 28.7. The Morgan fingerprint density at radius 2 is 1.85 bits per heavy atom. The zero-order valence-electron chi connectivity index (χ0n) is 20.2. The number of ketones is 1. The van der Waals surface area contributed by atoms with E-state index in [9.17, 15) is 14.0 Å². The summed E-state index contributed by atoms with van der Waals surface area (Å²) in [5.74, 6) is -0.309. The first-order valence-corrected chi connectivity index (χ1v) is 13.7. The monoisotopic (exact) mass is 485 g/mol. The number of fused-ring (bicyclic) bond motifs is 1. The number of Topliss-reactive ketones (excluding diaryl/α,β-unsaturated/α-hetero) is 1. The lowest BCUT2D eigenvalue weighted by molar-refractivity contribution is -0.134. The molecule has 0 bridgehead atoms. The highest BCUT2D eigenvalue weighted by atomic mass is 32.1. The van der Waals surface area contributed by atoms with Gasteiger partial charge in [0.2, 0.25) is 0 Å². The van der Waals surface area contributed by atoms with Crippen LogP contribution < -0.4 is 4.74 Å². The first-order chi connectivity index (χ1) is 16.6. The van der Waals surface area contributed by atoms with Crippen molar-refractivity contribution in [3.05, 3.63) is 52.2 Å². The second kappa shape index (κ2) is 12.1. The van der Waals surface area contributed by atoms with Gasteiger partial charge in [-0.2, -0.15) is 0 Å². The van der Waals surface area contributed by atoms with E-state index in [-0.39, 0.29) is 23.5 Å². The zero-order chi connectivity index (χ0) is 23.9. The summed E-state index contributed by atoms with van der Waals surface area (Å²) in [5, 5.41) is 0.635. The van der Waals surface area contributed by atoms with E-state index in [1.165, 1.54) is 54.4 Å². The third-order valence-corrected chi connectivity index (χ3v) is 8.00. The smallest absolute Gasteiger partial charge is 0.311 e. The van der Waals surface area contributed by atoms with Crippen LogP contribution in [0.15, 0.2) is 30.3 Å². The van der Waals surface area contributed by atoms with E-state index >= 15 is 0 Å². The fourth-order valence-electron chi connectivity index (χ4n) is 4.81. The Morgan fingerprint density at radius 3 is 2.59 bits per heavy atom. The molecule has 6 heteroatoms. The molecule has 1 unspecified atom stereocenters. The van der Waals surface area contributed by atoms with Crippen molar-refractivity contribution in [2.45, 2.75) is 90.1 Å². The van der Waals surface area contributed by atoms with Gasteiger partial charge >= 0.3 is 5.97 Å². The third kappa shape index (κ3) is 6.54. The second-order valence-corrected chi connectivity index (χ2v) is 10.8. The molecule has 1 aliphatic heterocycles. The number of ether oxygens (including phenoxy) is 1. The van der Waals surface area contributed by atoms with Crippen molar-refractivity contribution in [1.82, 2.24) is 4.90 Å². The maximum atomic E-state index is 14.7. The molecule has 1 aliphatic carbocycles. The minimum atomic E-state index is -0.551. The van der Waals surface area contributed by atoms with Gasteiger partial charge in [0.25, 0.3) is 0 Å². The highest BCUT2D eigenvalue weighted by Gasteiger charge is 2.40. The van der Waals surface area contributed by atoms with Gasteiger partial charge in [0.1, 0.15) is 5.82 Å². The molecule has 0 N–H and O–H groups in total. The van der Waals surface area contributed by atoms with Gasteiger partial charge in [-0.25, -0.2) is 4.39 Å². The fourth-order valence-corrected chi connectivity index (χ4v) is 5.83. The summed E-state index contributed by atoms with van der Waals surface area (Å²) >= 11 is 1.53. The largest absolute Gasteiger partial charge is 0.415 e. The number of nitrogens with zero attached hydrogens (tertiary/aromatic N) is 1. The van der Waals surface area contributed by atoms with Gasteiger partial charge in [-0.1, -0.05) is 63.6 Å². The van der Waals surface area contributed by atoms with Crippen molar-refractivity contribution in [3.63, 3.8) is 0 Å². The standard InChI is InChI=1S/C28H36FNO3S/c1-2-3-4-5-6-7-8-13-25(31)33-26-18-21-19-30(17-16-24(21)34-26)27(28(32)20-14-15-20)22-11-9-10-12-23(22)29/h9-12,18,20,27H,2-8,13-17,19H2,1H3. The van der Waals surface area contributed by atoms with Crippen LogP contribution in [0, 0.1) is 11.7 Å². The maximum absolute atomic E-state index is 14.7. The molecule has 1 fully saturated rings. The van der Waals surface area contributed by atoms with E-state index < -0.39 is 6.04 Å². The lowest BCUT2D eigenvalue weighted by atomic mass is 9.95. The van der Waals surface area contributed by atoms with Gasteiger partial charge in [-0.3, -0.25) is 14.5 Å². The molecule has 4 rings (SSSR count). The Morgan fingerprint density at radius 1 is 1.12 bits per heavy atom. The summed E-state index contributed by atoms with van der Waals surface area (Å²) in [5.41, 5.74) is 1.55. The van der Waals surface area contributed by atoms with Crippen molar-refractivity contribution >= 4 is 23.1 Å². The lowest BCUT2D eigenvalue weighted by Gasteiger charge is -2.34.